The fourth-order valence-electron chi connectivity index (χ4n) is 2.05. The highest BCUT2D eigenvalue weighted by Crippen LogP contribution is 2.20. The van der Waals surface area contributed by atoms with E-state index in [1.165, 1.54) is 6.33 Å². The SMILES string of the molecule is CC(C)c1nncn1C(Cc1ccccc1)C(=O)O. The molecular formula is C14H17N3O2. The van der Waals surface area contributed by atoms with Gasteiger partial charge in [-0.1, -0.05) is 44.2 Å². The third-order valence-electron chi connectivity index (χ3n) is 3.01. The van der Waals surface area contributed by atoms with Crippen LogP contribution in [0, 0.1) is 0 Å². The van der Waals surface area contributed by atoms with Crippen LogP contribution in [0.25, 0.3) is 0 Å². The van der Waals surface area contributed by atoms with Crippen molar-refractivity contribution in [1.82, 2.24) is 14.8 Å². The van der Waals surface area contributed by atoms with Gasteiger partial charge in [-0.2, -0.15) is 0 Å². The highest BCUT2D eigenvalue weighted by atomic mass is 16.4. The van der Waals surface area contributed by atoms with Gasteiger partial charge in [-0.05, 0) is 5.56 Å². The predicted octanol–water partition coefficient (Wildman–Crippen LogP) is 2.27. The molecule has 5 nitrogen and oxygen atoms in total. The lowest BCUT2D eigenvalue weighted by Crippen LogP contribution is -2.23. The number of carboxylic acids is 1. The van der Waals surface area contributed by atoms with Crippen LogP contribution >= 0.6 is 0 Å². The summed E-state index contributed by atoms with van der Waals surface area (Å²) in [5.41, 5.74) is 0.985. The Hall–Kier alpha value is -2.17. The van der Waals surface area contributed by atoms with Gasteiger partial charge in [0.25, 0.3) is 0 Å². The molecule has 0 aliphatic heterocycles. The molecule has 0 fully saturated rings. The van der Waals surface area contributed by atoms with Crippen molar-refractivity contribution in [3.63, 3.8) is 0 Å². The van der Waals surface area contributed by atoms with Gasteiger partial charge < -0.3 is 9.67 Å². The molecular weight excluding hydrogens is 242 g/mol. The quantitative estimate of drug-likeness (QED) is 0.894. The molecule has 2 rings (SSSR count). The molecule has 1 heterocycles. The number of aromatic nitrogens is 3. The molecule has 0 saturated heterocycles. The number of benzene rings is 1. The summed E-state index contributed by atoms with van der Waals surface area (Å²) >= 11 is 0. The van der Waals surface area contributed by atoms with Gasteiger partial charge in [0.2, 0.25) is 0 Å². The zero-order valence-electron chi connectivity index (χ0n) is 11.0. The fraction of sp³-hybridized carbons (Fsp3) is 0.357. The van der Waals surface area contributed by atoms with Crippen LogP contribution in [-0.4, -0.2) is 25.8 Å². The lowest BCUT2D eigenvalue weighted by atomic mass is 10.1. The lowest BCUT2D eigenvalue weighted by molar-refractivity contribution is -0.141. The van der Waals surface area contributed by atoms with E-state index in [1.807, 2.05) is 44.2 Å². The molecule has 0 saturated carbocycles. The summed E-state index contributed by atoms with van der Waals surface area (Å²) < 4.78 is 1.65. The molecule has 1 unspecified atom stereocenters. The van der Waals surface area contributed by atoms with Gasteiger partial charge in [0, 0.05) is 12.3 Å². The minimum absolute atomic E-state index is 0.139. The number of rotatable bonds is 5. The third kappa shape index (κ3) is 2.99. The Bertz CT molecular complexity index is 549. The van der Waals surface area contributed by atoms with Crippen LogP contribution in [0.3, 0.4) is 0 Å². The summed E-state index contributed by atoms with van der Waals surface area (Å²) in [4.78, 5) is 11.5. The van der Waals surface area contributed by atoms with E-state index in [2.05, 4.69) is 10.2 Å². The fourth-order valence-corrected chi connectivity index (χ4v) is 2.05. The van der Waals surface area contributed by atoms with Crippen LogP contribution < -0.4 is 0 Å². The molecule has 1 aromatic heterocycles. The molecule has 1 aromatic carbocycles. The maximum absolute atomic E-state index is 11.5. The van der Waals surface area contributed by atoms with Gasteiger partial charge in [0.15, 0.2) is 0 Å². The first-order chi connectivity index (χ1) is 9.09. The largest absolute Gasteiger partial charge is 0.480 e. The number of hydrogen-bond donors (Lipinski definition) is 1. The highest BCUT2D eigenvalue weighted by Gasteiger charge is 2.24. The van der Waals surface area contributed by atoms with Gasteiger partial charge in [-0.15, -0.1) is 10.2 Å². The van der Waals surface area contributed by atoms with Crippen LogP contribution in [0.1, 0.15) is 37.2 Å². The van der Waals surface area contributed by atoms with Gasteiger partial charge in [0.05, 0.1) is 0 Å². The second kappa shape index (κ2) is 5.65. The molecule has 100 valence electrons. The molecule has 1 N–H and O–H groups in total. The van der Waals surface area contributed by atoms with E-state index in [0.717, 1.165) is 5.56 Å². The van der Waals surface area contributed by atoms with Crippen LogP contribution in [0.4, 0.5) is 0 Å². The van der Waals surface area contributed by atoms with Crippen molar-refractivity contribution >= 4 is 5.97 Å². The number of carbonyl (C=O) groups is 1. The van der Waals surface area contributed by atoms with Crippen LogP contribution in [0.5, 0.6) is 0 Å². The molecule has 0 aliphatic rings. The van der Waals surface area contributed by atoms with Gasteiger partial charge >= 0.3 is 5.97 Å². The maximum Gasteiger partial charge on any atom is 0.327 e. The van der Waals surface area contributed by atoms with Crippen LogP contribution in [0.2, 0.25) is 0 Å². The predicted molar refractivity (Wildman–Crippen MR) is 70.9 cm³/mol. The van der Waals surface area contributed by atoms with Crippen molar-refractivity contribution in [3.8, 4) is 0 Å². The second-order valence-electron chi connectivity index (χ2n) is 4.79. The Kier molecular flexibility index (Phi) is 3.94. The average molecular weight is 259 g/mol. The zero-order chi connectivity index (χ0) is 13.8. The third-order valence-corrected chi connectivity index (χ3v) is 3.01. The Morgan fingerprint density at radius 2 is 2.00 bits per heavy atom. The molecule has 2 aromatic rings. The Balaban J connectivity index is 2.30. The monoisotopic (exact) mass is 259 g/mol. The van der Waals surface area contributed by atoms with Gasteiger partial charge in [-0.25, -0.2) is 4.79 Å². The molecule has 0 radical (unpaired) electrons. The van der Waals surface area contributed by atoms with E-state index in [-0.39, 0.29) is 5.92 Å². The minimum Gasteiger partial charge on any atom is -0.480 e. The lowest BCUT2D eigenvalue weighted by Gasteiger charge is -2.17. The van der Waals surface area contributed by atoms with E-state index in [1.54, 1.807) is 4.57 Å². The number of aliphatic carboxylic acids is 1. The smallest absolute Gasteiger partial charge is 0.327 e. The summed E-state index contributed by atoms with van der Waals surface area (Å²) in [6, 6.07) is 8.91. The summed E-state index contributed by atoms with van der Waals surface area (Å²) in [6.45, 7) is 3.95. The van der Waals surface area contributed by atoms with Crippen molar-refractivity contribution in [1.29, 1.82) is 0 Å². The van der Waals surface area contributed by atoms with Crippen molar-refractivity contribution < 1.29 is 9.90 Å². The van der Waals surface area contributed by atoms with Crippen LogP contribution in [0.15, 0.2) is 36.7 Å². The van der Waals surface area contributed by atoms with E-state index in [9.17, 15) is 9.90 Å². The first-order valence-corrected chi connectivity index (χ1v) is 6.25. The van der Waals surface area contributed by atoms with Gasteiger partial charge in [0.1, 0.15) is 18.2 Å². The minimum atomic E-state index is -0.870. The van der Waals surface area contributed by atoms with Crippen molar-refractivity contribution in [2.75, 3.05) is 0 Å². The number of hydrogen-bond acceptors (Lipinski definition) is 3. The van der Waals surface area contributed by atoms with E-state index < -0.39 is 12.0 Å². The molecule has 5 heteroatoms. The Morgan fingerprint density at radius 3 is 2.58 bits per heavy atom. The molecule has 0 aliphatic carbocycles. The summed E-state index contributed by atoms with van der Waals surface area (Å²) in [6.07, 6.45) is 1.92. The molecule has 19 heavy (non-hydrogen) atoms. The van der Waals surface area contributed by atoms with Crippen LogP contribution in [-0.2, 0) is 11.2 Å². The molecule has 0 amide bonds. The first kappa shape index (κ1) is 13.3. The van der Waals surface area contributed by atoms with Gasteiger partial charge in [-0.3, -0.25) is 0 Å². The number of nitrogens with zero attached hydrogens (tertiary/aromatic N) is 3. The van der Waals surface area contributed by atoms with E-state index >= 15 is 0 Å². The first-order valence-electron chi connectivity index (χ1n) is 6.25. The Morgan fingerprint density at radius 1 is 1.32 bits per heavy atom. The standard InChI is InChI=1S/C14H17N3O2/c1-10(2)13-16-15-9-17(13)12(14(18)19)8-11-6-4-3-5-7-11/h3-7,9-10,12H,8H2,1-2H3,(H,18,19). The average Bonchev–Trinajstić information content (AvgIpc) is 2.86. The Labute approximate surface area is 111 Å². The summed E-state index contributed by atoms with van der Waals surface area (Å²) in [7, 11) is 0. The van der Waals surface area contributed by atoms with E-state index in [4.69, 9.17) is 0 Å². The van der Waals surface area contributed by atoms with Crippen molar-refractivity contribution in [2.45, 2.75) is 32.2 Å². The summed E-state index contributed by atoms with van der Waals surface area (Å²) in [5, 5.41) is 17.3. The normalized spacial score (nSPS) is 12.6. The zero-order valence-corrected chi connectivity index (χ0v) is 11.0. The van der Waals surface area contributed by atoms with E-state index in [0.29, 0.717) is 12.2 Å². The maximum atomic E-state index is 11.5. The molecule has 0 spiro atoms. The molecule has 0 bridgehead atoms. The highest BCUT2D eigenvalue weighted by molar-refractivity contribution is 5.72. The molecule has 1 atom stereocenters. The number of carboxylic acid groups (broad SMARTS) is 1. The van der Waals surface area contributed by atoms with Crippen molar-refractivity contribution in [2.24, 2.45) is 0 Å². The second-order valence-corrected chi connectivity index (χ2v) is 4.79. The topological polar surface area (TPSA) is 68.0 Å². The summed E-state index contributed by atoms with van der Waals surface area (Å²) in [5.74, 6) is -0.0333. The van der Waals surface area contributed by atoms with Crippen molar-refractivity contribution in [3.05, 3.63) is 48.0 Å².